The maximum absolute atomic E-state index is 12.3. The summed E-state index contributed by atoms with van der Waals surface area (Å²) in [6.45, 7) is 0. The number of aromatic amines is 1. The lowest BCUT2D eigenvalue weighted by Gasteiger charge is -2.06. The molecule has 1 heterocycles. The summed E-state index contributed by atoms with van der Waals surface area (Å²) in [5, 5.41) is 5.06. The fraction of sp³-hybridized carbons (Fsp3) is 0. The Morgan fingerprint density at radius 2 is 1.81 bits per heavy atom. The normalized spacial score (nSPS) is 10.8. The molecule has 21 heavy (non-hydrogen) atoms. The average Bonchev–Trinajstić information content (AvgIpc) is 2.88. The van der Waals surface area contributed by atoms with Crippen LogP contribution in [0.1, 0.15) is 10.5 Å². The molecular weight excluding hydrogens is 331 g/mol. The molecule has 0 fully saturated rings. The van der Waals surface area contributed by atoms with Gasteiger partial charge in [0.15, 0.2) is 0 Å². The third-order valence-corrected chi connectivity index (χ3v) is 3.91. The third-order valence-electron chi connectivity index (χ3n) is 3.03. The summed E-state index contributed by atoms with van der Waals surface area (Å²) in [6, 6.07) is 12.1. The lowest BCUT2D eigenvalue weighted by Crippen LogP contribution is -2.12. The zero-order valence-electron chi connectivity index (χ0n) is 10.6. The molecule has 2 N–H and O–H groups in total. The Balaban J connectivity index is 1.93. The van der Waals surface area contributed by atoms with E-state index in [0.717, 1.165) is 10.9 Å². The second kappa shape index (κ2) is 5.60. The van der Waals surface area contributed by atoms with Crippen LogP contribution in [0.3, 0.4) is 0 Å². The quantitative estimate of drug-likeness (QED) is 0.647. The van der Waals surface area contributed by atoms with Crippen LogP contribution in [0.2, 0.25) is 15.1 Å². The van der Waals surface area contributed by atoms with Crippen molar-refractivity contribution in [3.8, 4) is 0 Å². The lowest BCUT2D eigenvalue weighted by molar-refractivity contribution is 0.102. The molecule has 6 heteroatoms. The van der Waals surface area contributed by atoms with Crippen LogP contribution in [0.4, 0.5) is 5.69 Å². The summed E-state index contributed by atoms with van der Waals surface area (Å²) >= 11 is 18.0. The number of anilines is 1. The van der Waals surface area contributed by atoms with E-state index in [-0.39, 0.29) is 5.91 Å². The highest BCUT2D eigenvalue weighted by Crippen LogP contribution is 2.27. The van der Waals surface area contributed by atoms with E-state index in [1.807, 2.05) is 12.1 Å². The van der Waals surface area contributed by atoms with E-state index in [0.29, 0.717) is 26.4 Å². The minimum atomic E-state index is -0.313. The van der Waals surface area contributed by atoms with Crippen molar-refractivity contribution in [1.29, 1.82) is 0 Å². The molecule has 0 aliphatic heterocycles. The molecular formula is C15H9Cl3N2O. The van der Waals surface area contributed by atoms with Gasteiger partial charge in [0.2, 0.25) is 0 Å². The summed E-state index contributed by atoms with van der Waals surface area (Å²) in [7, 11) is 0. The number of rotatable bonds is 2. The van der Waals surface area contributed by atoms with Gasteiger partial charge in [0.05, 0.1) is 21.2 Å². The number of benzene rings is 2. The van der Waals surface area contributed by atoms with E-state index < -0.39 is 0 Å². The van der Waals surface area contributed by atoms with Gasteiger partial charge in [0.1, 0.15) is 5.69 Å². The Labute approximate surface area is 135 Å². The Bertz CT molecular complexity index is 842. The number of para-hydroxylation sites is 1. The van der Waals surface area contributed by atoms with Crippen LogP contribution in [-0.2, 0) is 0 Å². The van der Waals surface area contributed by atoms with E-state index in [2.05, 4.69) is 10.3 Å². The van der Waals surface area contributed by atoms with Crippen molar-refractivity contribution in [3.63, 3.8) is 0 Å². The molecule has 0 spiro atoms. The Morgan fingerprint density at radius 3 is 2.57 bits per heavy atom. The van der Waals surface area contributed by atoms with Gasteiger partial charge in [-0.2, -0.15) is 0 Å². The largest absolute Gasteiger partial charge is 0.349 e. The van der Waals surface area contributed by atoms with Gasteiger partial charge >= 0.3 is 0 Å². The summed E-state index contributed by atoms with van der Waals surface area (Å²) in [5.74, 6) is -0.313. The van der Waals surface area contributed by atoms with E-state index in [4.69, 9.17) is 34.8 Å². The van der Waals surface area contributed by atoms with Gasteiger partial charge in [-0.05, 0) is 30.3 Å². The highest BCUT2D eigenvalue weighted by molar-refractivity contribution is 6.36. The fourth-order valence-electron chi connectivity index (χ4n) is 2.02. The Morgan fingerprint density at radius 1 is 1.00 bits per heavy atom. The van der Waals surface area contributed by atoms with Crippen LogP contribution in [-0.4, -0.2) is 10.9 Å². The molecule has 0 atom stereocenters. The van der Waals surface area contributed by atoms with Gasteiger partial charge in [0.25, 0.3) is 5.91 Å². The van der Waals surface area contributed by atoms with E-state index in [9.17, 15) is 4.79 Å². The Kier molecular flexibility index (Phi) is 3.81. The fourth-order valence-corrected chi connectivity index (χ4v) is 2.59. The van der Waals surface area contributed by atoms with Crippen molar-refractivity contribution in [2.75, 3.05) is 5.32 Å². The molecule has 3 aromatic rings. The predicted molar refractivity (Wildman–Crippen MR) is 87.7 cm³/mol. The van der Waals surface area contributed by atoms with Crippen LogP contribution in [0.15, 0.2) is 42.5 Å². The molecule has 0 radical (unpaired) electrons. The number of carbonyl (C=O) groups is 1. The van der Waals surface area contributed by atoms with Gasteiger partial charge in [-0.15, -0.1) is 0 Å². The van der Waals surface area contributed by atoms with E-state index in [1.54, 1.807) is 30.3 Å². The summed E-state index contributed by atoms with van der Waals surface area (Å²) in [5.41, 5.74) is 1.58. The maximum atomic E-state index is 12.3. The van der Waals surface area contributed by atoms with Gasteiger partial charge in [0, 0.05) is 10.4 Å². The topological polar surface area (TPSA) is 44.9 Å². The number of amides is 1. The average molecular weight is 340 g/mol. The Hall–Kier alpha value is -1.68. The van der Waals surface area contributed by atoms with Gasteiger partial charge in [-0.3, -0.25) is 4.79 Å². The van der Waals surface area contributed by atoms with Crippen molar-refractivity contribution in [2.45, 2.75) is 0 Å². The molecule has 0 unspecified atom stereocenters. The predicted octanol–water partition coefficient (Wildman–Crippen LogP) is 5.38. The molecule has 2 aromatic carbocycles. The first kappa shape index (κ1) is 14.3. The van der Waals surface area contributed by atoms with E-state index in [1.165, 1.54) is 0 Å². The van der Waals surface area contributed by atoms with E-state index >= 15 is 0 Å². The van der Waals surface area contributed by atoms with Crippen molar-refractivity contribution in [2.24, 2.45) is 0 Å². The van der Waals surface area contributed by atoms with Crippen LogP contribution in [0.5, 0.6) is 0 Å². The zero-order valence-corrected chi connectivity index (χ0v) is 12.9. The monoisotopic (exact) mass is 338 g/mol. The number of halogens is 3. The number of hydrogen-bond acceptors (Lipinski definition) is 1. The molecule has 0 aliphatic carbocycles. The SMILES string of the molecule is O=C(Nc1cc(Cl)ccc1Cl)c1cc2cccc(Cl)c2[nH]1. The van der Waals surface area contributed by atoms with Gasteiger partial charge in [-0.1, -0.05) is 46.9 Å². The number of hydrogen-bond donors (Lipinski definition) is 2. The number of nitrogens with one attached hydrogen (secondary N) is 2. The summed E-state index contributed by atoms with van der Waals surface area (Å²) in [6.07, 6.45) is 0. The minimum Gasteiger partial charge on any atom is -0.349 e. The first-order valence-corrected chi connectivity index (χ1v) is 7.21. The third kappa shape index (κ3) is 2.86. The molecule has 0 bridgehead atoms. The molecule has 3 nitrogen and oxygen atoms in total. The van der Waals surface area contributed by atoms with Gasteiger partial charge < -0.3 is 10.3 Å². The first-order chi connectivity index (χ1) is 10.0. The van der Waals surface area contributed by atoms with Crippen LogP contribution in [0, 0.1) is 0 Å². The summed E-state index contributed by atoms with van der Waals surface area (Å²) < 4.78 is 0. The lowest BCUT2D eigenvalue weighted by atomic mass is 10.2. The van der Waals surface area contributed by atoms with Crippen molar-refractivity contribution in [1.82, 2.24) is 4.98 Å². The zero-order chi connectivity index (χ0) is 15.0. The van der Waals surface area contributed by atoms with Crippen molar-refractivity contribution >= 4 is 57.3 Å². The smallest absolute Gasteiger partial charge is 0.272 e. The van der Waals surface area contributed by atoms with Crippen LogP contribution in [0.25, 0.3) is 10.9 Å². The molecule has 0 aliphatic rings. The van der Waals surface area contributed by atoms with Crippen molar-refractivity contribution < 1.29 is 4.79 Å². The van der Waals surface area contributed by atoms with Gasteiger partial charge in [-0.25, -0.2) is 0 Å². The minimum absolute atomic E-state index is 0.313. The maximum Gasteiger partial charge on any atom is 0.272 e. The molecule has 106 valence electrons. The van der Waals surface area contributed by atoms with Crippen molar-refractivity contribution in [3.05, 3.63) is 63.2 Å². The number of aromatic nitrogens is 1. The van der Waals surface area contributed by atoms with Crippen LogP contribution < -0.4 is 5.32 Å². The number of H-pyrrole nitrogens is 1. The molecule has 0 saturated carbocycles. The number of fused-ring (bicyclic) bond motifs is 1. The highest BCUT2D eigenvalue weighted by Gasteiger charge is 2.13. The standard InChI is InChI=1S/C15H9Cl3N2O/c16-9-4-5-10(17)12(7-9)20-15(21)13-6-8-2-1-3-11(18)14(8)19-13/h1-7,19H,(H,20,21). The van der Waals surface area contributed by atoms with Crippen LogP contribution >= 0.6 is 34.8 Å². The molecule has 1 amide bonds. The molecule has 1 aromatic heterocycles. The molecule has 3 rings (SSSR count). The first-order valence-electron chi connectivity index (χ1n) is 6.08. The second-order valence-corrected chi connectivity index (χ2v) is 5.72. The highest BCUT2D eigenvalue weighted by atomic mass is 35.5. The summed E-state index contributed by atoms with van der Waals surface area (Å²) in [4.78, 5) is 15.3. The number of carbonyl (C=O) groups excluding carboxylic acids is 1. The molecule has 0 saturated heterocycles. The second-order valence-electron chi connectivity index (χ2n) is 4.47.